The number of nitrogens with zero attached hydrogens (tertiary/aromatic N) is 1. The van der Waals surface area contributed by atoms with Crippen LogP contribution >= 0.6 is 0 Å². The van der Waals surface area contributed by atoms with Crippen molar-refractivity contribution >= 4 is 34.4 Å². The predicted molar refractivity (Wildman–Crippen MR) is 106 cm³/mol. The Kier molecular flexibility index (Phi) is 4.80. The summed E-state index contributed by atoms with van der Waals surface area (Å²) in [4.78, 5) is 41.3. The zero-order valence-corrected chi connectivity index (χ0v) is 15.1. The van der Waals surface area contributed by atoms with E-state index >= 15 is 0 Å². The van der Waals surface area contributed by atoms with Crippen LogP contribution < -0.4 is 10.6 Å². The van der Waals surface area contributed by atoms with Crippen molar-refractivity contribution in [1.82, 2.24) is 15.2 Å². The minimum absolute atomic E-state index is 0.102. The molecular weight excluding hydrogens is 356 g/mol. The maximum absolute atomic E-state index is 12.5. The Hall–Kier alpha value is -3.61. The van der Waals surface area contributed by atoms with Crippen molar-refractivity contribution in [2.75, 3.05) is 11.9 Å². The van der Waals surface area contributed by atoms with Gasteiger partial charge in [-0.1, -0.05) is 36.4 Å². The molecule has 4 rings (SSSR count). The summed E-state index contributed by atoms with van der Waals surface area (Å²) in [7, 11) is 0. The number of H-pyrrole nitrogens is 1. The first kappa shape index (κ1) is 17.8. The van der Waals surface area contributed by atoms with E-state index < -0.39 is 12.1 Å². The van der Waals surface area contributed by atoms with E-state index in [0.717, 1.165) is 16.5 Å². The second-order valence-corrected chi connectivity index (χ2v) is 6.76. The summed E-state index contributed by atoms with van der Waals surface area (Å²) in [6, 6.07) is 15.8. The highest BCUT2D eigenvalue weighted by atomic mass is 16.2. The van der Waals surface area contributed by atoms with Gasteiger partial charge >= 0.3 is 6.03 Å². The lowest BCUT2D eigenvalue weighted by molar-refractivity contribution is -0.129. The van der Waals surface area contributed by atoms with E-state index in [4.69, 9.17) is 0 Å². The molecule has 2 heterocycles. The van der Waals surface area contributed by atoms with Gasteiger partial charge in [0.05, 0.1) is 6.42 Å². The summed E-state index contributed by atoms with van der Waals surface area (Å²) in [5, 5.41) is 6.43. The van der Waals surface area contributed by atoms with E-state index in [0.29, 0.717) is 12.1 Å². The first-order chi connectivity index (χ1) is 13.6. The largest absolute Gasteiger partial charge is 0.361 e. The topological polar surface area (TPSA) is 94.3 Å². The van der Waals surface area contributed by atoms with Crippen LogP contribution in [0.5, 0.6) is 0 Å². The predicted octanol–water partition coefficient (Wildman–Crippen LogP) is 2.66. The zero-order chi connectivity index (χ0) is 19.5. The number of rotatable bonds is 6. The van der Waals surface area contributed by atoms with Gasteiger partial charge in [0.1, 0.15) is 6.04 Å². The average Bonchev–Trinajstić information content (AvgIpc) is 3.25. The highest BCUT2D eigenvalue weighted by Gasteiger charge is 2.38. The summed E-state index contributed by atoms with van der Waals surface area (Å²) < 4.78 is 0. The molecule has 3 aromatic rings. The number of hydrogen-bond acceptors (Lipinski definition) is 3. The van der Waals surface area contributed by atoms with Gasteiger partial charge in [-0.15, -0.1) is 0 Å². The molecule has 1 aromatic heterocycles. The number of imide groups is 1. The molecule has 1 saturated heterocycles. The summed E-state index contributed by atoms with van der Waals surface area (Å²) in [6.45, 7) is 0.288. The van der Waals surface area contributed by atoms with Gasteiger partial charge in [0.2, 0.25) is 5.91 Å². The maximum Gasteiger partial charge on any atom is 0.324 e. The third-order valence-electron chi connectivity index (χ3n) is 4.80. The van der Waals surface area contributed by atoms with Crippen molar-refractivity contribution in [2.45, 2.75) is 18.9 Å². The fourth-order valence-corrected chi connectivity index (χ4v) is 3.34. The molecule has 0 unspecified atom stereocenters. The lowest BCUT2D eigenvalue weighted by Gasteiger charge is -2.13. The maximum atomic E-state index is 12.5. The third kappa shape index (κ3) is 3.73. The number of nitrogens with one attached hydrogen (secondary N) is 3. The second-order valence-electron chi connectivity index (χ2n) is 6.76. The summed E-state index contributed by atoms with van der Waals surface area (Å²) >= 11 is 0. The lowest BCUT2D eigenvalue weighted by Crippen LogP contribution is -2.34. The van der Waals surface area contributed by atoms with Crippen molar-refractivity contribution in [3.8, 4) is 0 Å². The first-order valence-electron chi connectivity index (χ1n) is 9.13. The number of hydrogen-bond donors (Lipinski definition) is 3. The number of anilines is 1. The number of aromatic nitrogens is 1. The lowest BCUT2D eigenvalue weighted by atomic mass is 10.1. The van der Waals surface area contributed by atoms with Crippen molar-refractivity contribution < 1.29 is 14.4 Å². The number of urea groups is 1. The first-order valence-corrected chi connectivity index (χ1v) is 9.13. The fraction of sp³-hybridized carbons (Fsp3) is 0.190. The highest BCUT2D eigenvalue weighted by Crippen LogP contribution is 2.18. The average molecular weight is 376 g/mol. The molecule has 3 N–H and O–H groups in total. The SMILES string of the molecule is O=C(C[C@@H]1NC(=O)N(CCc2ccccc2)C1=O)Nc1ccc2cc[nH]c2c1. The smallest absolute Gasteiger partial charge is 0.324 e. The molecule has 1 atom stereocenters. The molecule has 2 aromatic carbocycles. The quantitative estimate of drug-likeness (QED) is 0.577. The molecule has 1 fully saturated rings. The van der Waals surface area contributed by atoms with Gasteiger partial charge in [0.15, 0.2) is 0 Å². The minimum Gasteiger partial charge on any atom is -0.361 e. The van der Waals surface area contributed by atoms with Crippen LogP contribution in [0, 0.1) is 0 Å². The van der Waals surface area contributed by atoms with Gasteiger partial charge in [0.25, 0.3) is 5.91 Å². The molecule has 0 spiro atoms. The molecule has 0 aliphatic carbocycles. The van der Waals surface area contributed by atoms with Crippen LogP contribution in [-0.2, 0) is 16.0 Å². The Balaban J connectivity index is 1.34. The van der Waals surface area contributed by atoms with Crippen molar-refractivity contribution in [3.05, 3.63) is 66.4 Å². The van der Waals surface area contributed by atoms with E-state index in [2.05, 4.69) is 15.6 Å². The Morgan fingerprint density at radius 2 is 1.89 bits per heavy atom. The molecule has 0 bridgehead atoms. The number of fused-ring (bicyclic) bond motifs is 1. The molecule has 4 amide bonds. The van der Waals surface area contributed by atoms with E-state index in [1.807, 2.05) is 54.7 Å². The van der Waals surface area contributed by atoms with Crippen LogP contribution in [0.15, 0.2) is 60.8 Å². The van der Waals surface area contributed by atoms with Crippen LogP contribution in [0.3, 0.4) is 0 Å². The van der Waals surface area contributed by atoms with Gasteiger partial charge in [-0.25, -0.2) is 4.79 Å². The van der Waals surface area contributed by atoms with Crippen LogP contribution in [-0.4, -0.2) is 40.3 Å². The van der Waals surface area contributed by atoms with Gasteiger partial charge in [-0.3, -0.25) is 14.5 Å². The summed E-state index contributed by atoms with van der Waals surface area (Å²) in [5.74, 6) is -0.689. The van der Waals surface area contributed by atoms with Crippen molar-refractivity contribution in [2.24, 2.45) is 0 Å². The third-order valence-corrected chi connectivity index (χ3v) is 4.80. The standard InChI is InChI=1S/C21H20N4O3/c26-19(23-16-7-6-15-8-10-22-17(15)12-16)13-18-20(27)25(21(28)24-18)11-9-14-4-2-1-3-5-14/h1-8,10,12,18,22H,9,11,13H2,(H,23,26)(H,24,28)/t18-/m0/s1. The number of benzene rings is 2. The van der Waals surface area contributed by atoms with Crippen molar-refractivity contribution in [1.29, 1.82) is 0 Å². The number of carbonyl (C=O) groups excluding carboxylic acids is 3. The molecule has 0 saturated carbocycles. The van der Waals surface area contributed by atoms with E-state index in [-0.39, 0.29) is 24.8 Å². The molecule has 1 aliphatic heterocycles. The van der Waals surface area contributed by atoms with E-state index in [9.17, 15) is 14.4 Å². The Bertz CT molecular complexity index is 1030. The van der Waals surface area contributed by atoms with Crippen LogP contribution in [0.4, 0.5) is 10.5 Å². The summed E-state index contributed by atoms with van der Waals surface area (Å²) in [6.07, 6.45) is 2.30. The zero-order valence-electron chi connectivity index (χ0n) is 15.1. The Labute approximate surface area is 161 Å². The van der Waals surface area contributed by atoms with E-state index in [1.165, 1.54) is 4.90 Å². The van der Waals surface area contributed by atoms with Gasteiger partial charge in [0, 0.05) is 23.9 Å². The Morgan fingerprint density at radius 3 is 2.71 bits per heavy atom. The van der Waals surface area contributed by atoms with Crippen LogP contribution in [0.2, 0.25) is 0 Å². The number of amides is 4. The van der Waals surface area contributed by atoms with Crippen LogP contribution in [0.25, 0.3) is 10.9 Å². The van der Waals surface area contributed by atoms with Crippen LogP contribution in [0.1, 0.15) is 12.0 Å². The van der Waals surface area contributed by atoms with Gasteiger partial charge in [-0.05, 0) is 35.6 Å². The number of carbonyl (C=O) groups is 3. The molecule has 28 heavy (non-hydrogen) atoms. The normalized spacial score (nSPS) is 16.4. The monoisotopic (exact) mass is 376 g/mol. The molecular formula is C21H20N4O3. The Morgan fingerprint density at radius 1 is 1.07 bits per heavy atom. The molecule has 0 radical (unpaired) electrons. The number of aromatic amines is 1. The molecule has 1 aliphatic rings. The molecule has 142 valence electrons. The summed E-state index contributed by atoms with van der Waals surface area (Å²) in [5.41, 5.74) is 2.59. The molecule has 7 nitrogen and oxygen atoms in total. The van der Waals surface area contributed by atoms with E-state index in [1.54, 1.807) is 6.07 Å². The van der Waals surface area contributed by atoms with Crippen molar-refractivity contribution in [3.63, 3.8) is 0 Å². The fourth-order valence-electron chi connectivity index (χ4n) is 3.34. The molecule has 7 heteroatoms. The van der Waals surface area contributed by atoms with Gasteiger partial charge < -0.3 is 15.6 Å². The highest BCUT2D eigenvalue weighted by molar-refractivity contribution is 6.07. The minimum atomic E-state index is -0.836. The van der Waals surface area contributed by atoms with Gasteiger partial charge in [-0.2, -0.15) is 0 Å². The second kappa shape index (κ2) is 7.56.